The Morgan fingerprint density at radius 1 is 1.18 bits per heavy atom. The Kier molecular flexibility index (Phi) is 8.30. The van der Waals surface area contributed by atoms with Crippen molar-refractivity contribution in [2.75, 3.05) is 12.3 Å². The Morgan fingerprint density at radius 2 is 1.95 bits per heavy atom. The lowest BCUT2D eigenvalue weighted by Crippen LogP contribution is -2.37. The molecule has 0 amide bonds. The lowest BCUT2D eigenvalue weighted by atomic mass is 9.93. The van der Waals surface area contributed by atoms with Crippen LogP contribution >= 0.6 is 7.75 Å². The van der Waals surface area contributed by atoms with Gasteiger partial charge in [-0.2, -0.15) is 4.76 Å². The fraction of sp³-hybridized carbons (Fsp3) is 0.429. The number of aliphatic hydroxyl groups excluding tert-OH is 2. The van der Waals surface area contributed by atoms with Crippen molar-refractivity contribution in [1.82, 2.24) is 9.97 Å². The first kappa shape index (κ1) is 28.3. The lowest BCUT2D eigenvalue weighted by Gasteiger charge is -2.22. The first-order chi connectivity index (χ1) is 19.1. The van der Waals surface area contributed by atoms with Crippen LogP contribution in [0.4, 0.5) is 11.5 Å². The molecule has 0 spiro atoms. The summed E-state index contributed by atoms with van der Waals surface area (Å²) in [5.41, 5.74) is 7.75. The van der Waals surface area contributed by atoms with Crippen LogP contribution in [0.15, 0.2) is 58.5 Å². The number of aromatic nitrogens is 2. The van der Waals surface area contributed by atoms with E-state index >= 15 is 0 Å². The highest BCUT2D eigenvalue weighted by molar-refractivity contribution is 7.53. The number of aliphatic hydroxyl groups is 2. The van der Waals surface area contributed by atoms with E-state index in [0.717, 1.165) is 10.8 Å². The second-order valence-electron chi connectivity index (χ2n) is 10.4. The third kappa shape index (κ3) is 5.94. The molecule has 6 atom stereocenters. The van der Waals surface area contributed by atoms with Gasteiger partial charge in [0.05, 0.1) is 18.4 Å². The zero-order valence-electron chi connectivity index (χ0n) is 22.6. The summed E-state index contributed by atoms with van der Waals surface area (Å²) in [7, 11) is -4.10. The van der Waals surface area contributed by atoms with Crippen LogP contribution in [0, 0.1) is 11.8 Å². The predicted octanol–water partition coefficient (Wildman–Crippen LogP) is 4.29. The van der Waals surface area contributed by atoms with Crippen LogP contribution in [0.25, 0.3) is 10.8 Å². The summed E-state index contributed by atoms with van der Waals surface area (Å²) in [6, 6.07) is 13.0. The van der Waals surface area contributed by atoms with Crippen molar-refractivity contribution in [3.63, 3.8) is 0 Å². The maximum Gasteiger partial charge on any atom is 0.507 e. The van der Waals surface area contributed by atoms with E-state index in [-0.39, 0.29) is 24.3 Å². The number of hydrogen-bond acceptors (Lipinski definition) is 10. The number of aryl methyl sites for hydroxylation is 1. The van der Waals surface area contributed by atoms with Gasteiger partial charge < -0.3 is 25.2 Å². The number of nitrogens with two attached hydrogens (primary N) is 1. The zero-order chi connectivity index (χ0) is 28.4. The number of hydrogen-bond donors (Lipinski definition) is 3. The van der Waals surface area contributed by atoms with Crippen molar-refractivity contribution >= 4 is 42.0 Å². The summed E-state index contributed by atoms with van der Waals surface area (Å²) in [6.07, 6.45) is -0.0738. The average Bonchev–Trinajstić information content (AvgIpc) is 3.08. The summed E-state index contributed by atoms with van der Waals surface area (Å²) in [5, 5.41) is 23.4. The van der Waals surface area contributed by atoms with Crippen LogP contribution < -0.4 is 10.3 Å². The van der Waals surface area contributed by atoms with Crippen LogP contribution in [0.1, 0.15) is 32.9 Å². The van der Waals surface area contributed by atoms with Gasteiger partial charge in [0.25, 0.3) is 0 Å². The molecule has 0 aliphatic carbocycles. The molecule has 1 fully saturated rings. The number of fused-ring (bicyclic) bond motifs is 2. The molecule has 0 bridgehead atoms. The van der Waals surface area contributed by atoms with Crippen LogP contribution in [-0.2, 0) is 20.2 Å². The SMILES string of the molecule is CC(=NP(=O)(OCC1OC(C2C=Nc3c(N)ncnc3CC2)C(O)C1O)Oc1cccc2ccccc12)C(C)C. The van der Waals surface area contributed by atoms with Gasteiger partial charge in [0.1, 0.15) is 36.1 Å². The summed E-state index contributed by atoms with van der Waals surface area (Å²) < 4.78 is 36.2. The first-order valence-corrected chi connectivity index (χ1v) is 14.8. The molecule has 0 saturated carbocycles. The maximum absolute atomic E-state index is 14.0. The van der Waals surface area contributed by atoms with E-state index in [9.17, 15) is 14.8 Å². The van der Waals surface area contributed by atoms with E-state index in [1.165, 1.54) is 6.33 Å². The van der Waals surface area contributed by atoms with E-state index < -0.39 is 32.2 Å². The molecule has 11 nitrogen and oxygen atoms in total. The number of nitrogen functional groups attached to an aromatic ring is 1. The highest BCUT2D eigenvalue weighted by Crippen LogP contribution is 2.52. The van der Waals surface area contributed by atoms with Gasteiger partial charge in [0.15, 0.2) is 5.82 Å². The summed E-state index contributed by atoms with van der Waals surface area (Å²) in [4.78, 5) is 12.7. The lowest BCUT2D eigenvalue weighted by molar-refractivity contribution is -0.0290. The van der Waals surface area contributed by atoms with Gasteiger partial charge >= 0.3 is 7.75 Å². The molecule has 4 N–H and O–H groups in total. The van der Waals surface area contributed by atoms with Crippen LogP contribution in [0.3, 0.4) is 0 Å². The second-order valence-corrected chi connectivity index (χ2v) is 12.0. The fourth-order valence-electron chi connectivity index (χ4n) is 4.77. The smallest absolute Gasteiger partial charge is 0.407 e. The van der Waals surface area contributed by atoms with E-state index in [4.69, 9.17) is 19.5 Å². The second kappa shape index (κ2) is 11.7. The Hall–Kier alpha value is -3.21. The topological polar surface area (TPSA) is 162 Å². The third-order valence-corrected chi connectivity index (χ3v) is 8.80. The third-order valence-electron chi connectivity index (χ3n) is 7.34. The molecule has 212 valence electrons. The predicted molar refractivity (Wildman–Crippen MR) is 153 cm³/mol. The fourth-order valence-corrected chi connectivity index (χ4v) is 6.28. The van der Waals surface area contributed by atoms with Crippen molar-refractivity contribution in [2.24, 2.45) is 21.6 Å². The average molecular weight is 568 g/mol. The van der Waals surface area contributed by atoms with Crippen molar-refractivity contribution in [1.29, 1.82) is 0 Å². The van der Waals surface area contributed by atoms with E-state index in [2.05, 4.69) is 19.7 Å². The molecule has 6 unspecified atom stereocenters. The van der Waals surface area contributed by atoms with Gasteiger partial charge in [-0.25, -0.2) is 14.5 Å². The highest BCUT2D eigenvalue weighted by Gasteiger charge is 2.47. The number of aliphatic imine (C=N–C) groups is 1. The molecule has 5 rings (SSSR count). The molecule has 2 aliphatic rings. The van der Waals surface area contributed by atoms with Gasteiger partial charge in [0, 0.05) is 23.2 Å². The Labute approximate surface area is 232 Å². The van der Waals surface area contributed by atoms with Crippen molar-refractivity contribution < 1.29 is 28.6 Å². The largest absolute Gasteiger partial charge is 0.507 e. The monoisotopic (exact) mass is 567 g/mol. The Morgan fingerprint density at radius 3 is 2.75 bits per heavy atom. The number of benzene rings is 2. The number of nitrogens with zero attached hydrogens (tertiary/aromatic N) is 4. The summed E-state index contributed by atoms with van der Waals surface area (Å²) >= 11 is 0. The van der Waals surface area contributed by atoms with E-state index in [1.807, 2.05) is 44.2 Å². The molecule has 2 aliphatic heterocycles. The van der Waals surface area contributed by atoms with Gasteiger partial charge in [-0.05, 0) is 37.1 Å². The minimum absolute atomic E-state index is 0.00457. The normalized spacial score (nSPS) is 26.4. The molecule has 3 heterocycles. The molecule has 1 aromatic heterocycles. The van der Waals surface area contributed by atoms with Crippen molar-refractivity contribution in [3.8, 4) is 5.75 Å². The first-order valence-electron chi connectivity index (χ1n) is 13.3. The van der Waals surface area contributed by atoms with Gasteiger partial charge in [0.2, 0.25) is 0 Å². The minimum Gasteiger partial charge on any atom is -0.407 e. The van der Waals surface area contributed by atoms with Crippen molar-refractivity contribution in [3.05, 3.63) is 54.5 Å². The van der Waals surface area contributed by atoms with Crippen LogP contribution in [-0.4, -0.2) is 63.1 Å². The number of ether oxygens (including phenoxy) is 1. The maximum atomic E-state index is 14.0. The summed E-state index contributed by atoms with van der Waals surface area (Å²) in [6.45, 7) is 5.30. The molecule has 3 aromatic rings. The quantitative estimate of drug-likeness (QED) is 0.266. The highest BCUT2D eigenvalue weighted by atomic mass is 31.2. The molecule has 12 heteroatoms. The van der Waals surface area contributed by atoms with E-state index in [1.54, 1.807) is 25.3 Å². The number of rotatable bonds is 8. The van der Waals surface area contributed by atoms with Crippen molar-refractivity contribution in [2.45, 2.75) is 58.0 Å². The molecule has 40 heavy (non-hydrogen) atoms. The molecule has 1 saturated heterocycles. The Balaban J connectivity index is 1.33. The minimum atomic E-state index is -4.10. The molecule has 0 radical (unpaired) electrons. The molecular formula is C28H34N5O6P. The Bertz CT molecular complexity index is 1480. The standard InChI is InChI=1S/C28H34N5O6P/c1-16(2)17(3)33-40(36,39-22-10-6-8-18-7-4-5-9-20(18)22)37-14-23-25(34)26(35)27(38-23)19-11-12-21-24(30-13-19)28(29)32-15-31-21/h4-10,13,15-16,19,23,25-27,34-35H,11-12,14H2,1-3H3,(H2,29,31,32). The summed E-state index contributed by atoms with van der Waals surface area (Å²) in [5.74, 6) is 0.317. The van der Waals surface area contributed by atoms with E-state index in [0.29, 0.717) is 35.7 Å². The molecular weight excluding hydrogens is 533 g/mol. The van der Waals surface area contributed by atoms with Gasteiger partial charge in [-0.15, -0.1) is 0 Å². The van der Waals surface area contributed by atoms with Gasteiger partial charge in [-0.1, -0.05) is 50.2 Å². The van der Waals surface area contributed by atoms with Crippen LogP contribution in [0.5, 0.6) is 5.75 Å². The zero-order valence-corrected chi connectivity index (χ0v) is 23.5. The van der Waals surface area contributed by atoms with Gasteiger partial charge in [-0.3, -0.25) is 9.52 Å². The molecule has 2 aromatic carbocycles. The van der Waals surface area contributed by atoms with Crippen LogP contribution in [0.2, 0.25) is 0 Å². The number of anilines is 1.